The monoisotopic (exact) mass is 331 g/mol. The van der Waals surface area contributed by atoms with Gasteiger partial charge in [0.1, 0.15) is 6.10 Å². The van der Waals surface area contributed by atoms with Crippen molar-refractivity contribution in [3.63, 3.8) is 0 Å². The summed E-state index contributed by atoms with van der Waals surface area (Å²) in [6.45, 7) is 6.03. The van der Waals surface area contributed by atoms with E-state index in [9.17, 15) is 4.79 Å². The predicted octanol–water partition coefficient (Wildman–Crippen LogP) is 2.43. The number of anilines is 1. The van der Waals surface area contributed by atoms with E-state index in [4.69, 9.17) is 9.72 Å². The van der Waals surface area contributed by atoms with Crippen LogP contribution in [0, 0.1) is 6.92 Å². The third kappa shape index (κ3) is 2.93. The Hall–Kier alpha value is -1.66. The molecule has 0 aliphatic carbocycles. The number of carbonyl (C=O) groups excluding carboxylic acids is 1. The Morgan fingerprint density at radius 3 is 2.87 bits per heavy atom. The number of thiazole rings is 1. The summed E-state index contributed by atoms with van der Waals surface area (Å²) in [5, 5.41) is 1.06. The smallest absolute Gasteiger partial charge is 0.251 e. The molecule has 2 aliphatic rings. The third-order valence-electron chi connectivity index (χ3n) is 4.60. The van der Waals surface area contributed by atoms with E-state index in [0.29, 0.717) is 0 Å². The first kappa shape index (κ1) is 14.9. The summed E-state index contributed by atoms with van der Waals surface area (Å²) >= 11 is 1.74. The summed E-state index contributed by atoms with van der Waals surface area (Å²) in [6.07, 6.45) is 1.67. The maximum Gasteiger partial charge on any atom is 0.251 e. The Labute approximate surface area is 139 Å². The highest BCUT2D eigenvalue weighted by Gasteiger charge is 2.30. The van der Waals surface area contributed by atoms with Gasteiger partial charge in [-0.3, -0.25) is 4.79 Å². The zero-order valence-corrected chi connectivity index (χ0v) is 14.1. The molecule has 1 aromatic carbocycles. The molecule has 1 amide bonds. The van der Waals surface area contributed by atoms with Crippen LogP contribution in [0.1, 0.15) is 18.4 Å². The van der Waals surface area contributed by atoms with E-state index in [-0.39, 0.29) is 12.0 Å². The minimum Gasteiger partial charge on any atom is -0.368 e. The number of hydrogen-bond donors (Lipinski definition) is 0. The van der Waals surface area contributed by atoms with Crippen molar-refractivity contribution in [1.29, 1.82) is 0 Å². The standard InChI is InChI=1S/C17H21N3O2S/c1-12-4-5-13-15(11-12)23-17(18-13)20-8-6-19(7-9-20)16(21)14-3-2-10-22-14/h4-5,11,14H,2-3,6-10H2,1H3. The van der Waals surface area contributed by atoms with Crippen LogP contribution in [0.4, 0.5) is 5.13 Å². The Morgan fingerprint density at radius 1 is 1.30 bits per heavy atom. The van der Waals surface area contributed by atoms with Crippen LogP contribution >= 0.6 is 11.3 Å². The van der Waals surface area contributed by atoms with Crippen LogP contribution in [0.3, 0.4) is 0 Å². The summed E-state index contributed by atoms with van der Waals surface area (Å²) in [6, 6.07) is 6.37. The fourth-order valence-corrected chi connectivity index (χ4v) is 4.36. The molecule has 2 aliphatic heterocycles. The van der Waals surface area contributed by atoms with Crippen molar-refractivity contribution in [3.8, 4) is 0 Å². The average Bonchev–Trinajstić information content (AvgIpc) is 3.23. The van der Waals surface area contributed by atoms with Gasteiger partial charge >= 0.3 is 0 Å². The Morgan fingerprint density at radius 2 is 2.13 bits per heavy atom. The maximum atomic E-state index is 12.4. The van der Waals surface area contributed by atoms with E-state index in [2.05, 4.69) is 30.0 Å². The van der Waals surface area contributed by atoms with Gasteiger partial charge in [-0.1, -0.05) is 17.4 Å². The lowest BCUT2D eigenvalue weighted by atomic mass is 10.2. The second kappa shape index (κ2) is 6.09. The van der Waals surface area contributed by atoms with Gasteiger partial charge < -0.3 is 14.5 Å². The molecule has 1 atom stereocenters. The van der Waals surface area contributed by atoms with Crippen molar-refractivity contribution in [1.82, 2.24) is 9.88 Å². The second-order valence-electron chi connectivity index (χ2n) is 6.28. The molecule has 0 radical (unpaired) electrons. The molecule has 0 spiro atoms. The van der Waals surface area contributed by atoms with Crippen LogP contribution in [0.25, 0.3) is 10.2 Å². The number of rotatable bonds is 2. The number of piperazine rings is 1. The van der Waals surface area contributed by atoms with Crippen LogP contribution < -0.4 is 4.90 Å². The van der Waals surface area contributed by atoms with Crippen molar-refractivity contribution in [2.45, 2.75) is 25.9 Å². The van der Waals surface area contributed by atoms with E-state index in [1.807, 2.05) is 4.90 Å². The molecule has 0 bridgehead atoms. The van der Waals surface area contributed by atoms with Crippen LogP contribution in [-0.2, 0) is 9.53 Å². The molecule has 1 unspecified atom stereocenters. The number of aryl methyl sites for hydroxylation is 1. The minimum atomic E-state index is -0.202. The molecule has 0 saturated carbocycles. The van der Waals surface area contributed by atoms with E-state index >= 15 is 0 Å². The first-order valence-corrected chi connectivity index (χ1v) is 9.05. The molecule has 5 nitrogen and oxygen atoms in total. The number of ether oxygens (including phenoxy) is 1. The molecule has 2 aromatic rings. The quantitative estimate of drug-likeness (QED) is 0.848. The average molecular weight is 331 g/mol. The van der Waals surface area contributed by atoms with Gasteiger partial charge in [0.2, 0.25) is 0 Å². The summed E-state index contributed by atoms with van der Waals surface area (Å²) in [7, 11) is 0. The largest absolute Gasteiger partial charge is 0.368 e. The van der Waals surface area contributed by atoms with Crippen molar-refractivity contribution >= 4 is 32.6 Å². The third-order valence-corrected chi connectivity index (χ3v) is 5.68. The Balaban J connectivity index is 1.43. The van der Waals surface area contributed by atoms with Gasteiger partial charge in [0.15, 0.2) is 5.13 Å². The number of hydrogen-bond acceptors (Lipinski definition) is 5. The summed E-state index contributed by atoms with van der Waals surface area (Å²) < 4.78 is 6.75. The molecule has 3 heterocycles. The fraction of sp³-hybridized carbons (Fsp3) is 0.529. The van der Waals surface area contributed by atoms with Crippen molar-refractivity contribution in [3.05, 3.63) is 23.8 Å². The number of amides is 1. The van der Waals surface area contributed by atoms with Crippen LogP contribution in [0.2, 0.25) is 0 Å². The Bertz CT molecular complexity index is 716. The summed E-state index contributed by atoms with van der Waals surface area (Å²) in [5.74, 6) is 0.169. The van der Waals surface area contributed by atoms with Gasteiger partial charge in [-0.05, 0) is 37.5 Å². The molecule has 4 rings (SSSR count). The van der Waals surface area contributed by atoms with Crippen LogP contribution in [0.5, 0.6) is 0 Å². The van der Waals surface area contributed by atoms with Gasteiger partial charge in [-0.15, -0.1) is 0 Å². The first-order valence-electron chi connectivity index (χ1n) is 8.23. The number of carbonyl (C=O) groups is 1. The molecule has 6 heteroatoms. The minimum absolute atomic E-state index is 0.169. The highest BCUT2D eigenvalue weighted by Crippen LogP contribution is 2.30. The van der Waals surface area contributed by atoms with Gasteiger partial charge in [0.25, 0.3) is 5.91 Å². The lowest BCUT2D eigenvalue weighted by Crippen LogP contribution is -2.51. The summed E-state index contributed by atoms with van der Waals surface area (Å²) in [5.41, 5.74) is 2.33. The second-order valence-corrected chi connectivity index (χ2v) is 7.29. The Kier molecular flexibility index (Phi) is 3.95. The SMILES string of the molecule is Cc1ccc2nc(N3CCN(C(=O)C4CCCO4)CC3)sc2c1. The van der Waals surface area contributed by atoms with Gasteiger partial charge in [0, 0.05) is 32.8 Å². The van der Waals surface area contributed by atoms with Crippen LogP contribution in [-0.4, -0.2) is 54.7 Å². The van der Waals surface area contributed by atoms with E-state index in [1.54, 1.807) is 11.3 Å². The highest BCUT2D eigenvalue weighted by atomic mass is 32.1. The zero-order valence-electron chi connectivity index (χ0n) is 13.3. The van der Waals surface area contributed by atoms with Crippen molar-refractivity contribution in [2.24, 2.45) is 0 Å². The molecular weight excluding hydrogens is 310 g/mol. The van der Waals surface area contributed by atoms with E-state index in [0.717, 1.165) is 56.3 Å². The maximum absolute atomic E-state index is 12.4. The molecule has 122 valence electrons. The van der Waals surface area contributed by atoms with Crippen molar-refractivity contribution in [2.75, 3.05) is 37.7 Å². The van der Waals surface area contributed by atoms with E-state index in [1.165, 1.54) is 10.3 Å². The van der Waals surface area contributed by atoms with Crippen molar-refractivity contribution < 1.29 is 9.53 Å². The van der Waals surface area contributed by atoms with Gasteiger partial charge in [-0.2, -0.15) is 0 Å². The molecular formula is C17H21N3O2S. The number of benzene rings is 1. The number of fused-ring (bicyclic) bond motifs is 1. The number of nitrogens with zero attached hydrogens (tertiary/aromatic N) is 3. The fourth-order valence-electron chi connectivity index (χ4n) is 3.25. The van der Waals surface area contributed by atoms with E-state index < -0.39 is 0 Å². The molecule has 23 heavy (non-hydrogen) atoms. The molecule has 2 saturated heterocycles. The molecule has 0 N–H and O–H groups in total. The molecule has 1 aromatic heterocycles. The van der Waals surface area contributed by atoms with Gasteiger partial charge in [0.05, 0.1) is 10.2 Å². The predicted molar refractivity (Wildman–Crippen MR) is 92.1 cm³/mol. The van der Waals surface area contributed by atoms with Gasteiger partial charge in [-0.25, -0.2) is 4.98 Å². The lowest BCUT2D eigenvalue weighted by molar-refractivity contribution is -0.141. The number of aromatic nitrogens is 1. The molecule has 2 fully saturated rings. The zero-order chi connectivity index (χ0) is 15.8. The lowest BCUT2D eigenvalue weighted by Gasteiger charge is -2.35. The summed E-state index contributed by atoms with van der Waals surface area (Å²) in [4.78, 5) is 21.4. The topological polar surface area (TPSA) is 45.7 Å². The highest BCUT2D eigenvalue weighted by molar-refractivity contribution is 7.22. The first-order chi connectivity index (χ1) is 11.2. The van der Waals surface area contributed by atoms with Crippen LogP contribution in [0.15, 0.2) is 18.2 Å². The normalized spacial score (nSPS) is 22.0.